The number of benzene rings is 1. The second-order valence-electron chi connectivity index (χ2n) is 10.5. The van der Waals surface area contributed by atoms with Gasteiger partial charge in [0.2, 0.25) is 0 Å². The van der Waals surface area contributed by atoms with Crippen molar-refractivity contribution in [3.63, 3.8) is 0 Å². The fraction of sp³-hybridized carbons (Fsp3) is 0.556. The average molecular weight is 477 g/mol. The van der Waals surface area contributed by atoms with Crippen molar-refractivity contribution in [3.05, 3.63) is 52.5 Å². The summed E-state index contributed by atoms with van der Waals surface area (Å²) in [4.78, 5) is 23.3. The molecule has 0 aromatic heterocycles. The highest BCUT2D eigenvalue weighted by atomic mass is 16.5. The summed E-state index contributed by atoms with van der Waals surface area (Å²) in [6.07, 6.45) is 11.7. The van der Waals surface area contributed by atoms with Crippen LogP contribution in [-0.2, 0) is 12.8 Å². The molecule has 0 radical (unpaired) electrons. The number of ether oxygens (including phenoxy) is 1. The molecule has 0 saturated carbocycles. The number of aliphatic imine (C=N–C) groups is 1. The molecule has 3 N–H and O–H groups in total. The van der Waals surface area contributed by atoms with Crippen LogP contribution < -0.4 is 15.9 Å². The van der Waals surface area contributed by atoms with E-state index in [0.717, 1.165) is 81.8 Å². The van der Waals surface area contributed by atoms with Gasteiger partial charge in [-0.3, -0.25) is 9.80 Å². The van der Waals surface area contributed by atoms with E-state index in [-0.39, 0.29) is 24.0 Å². The van der Waals surface area contributed by atoms with Crippen LogP contribution in [-0.4, -0.2) is 71.4 Å². The third-order valence-corrected chi connectivity index (χ3v) is 8.15. The predicted octanol–water partition coefficient (Wildman–Crippen LogP) is 2.56. The second-order valence-corrected chi connectivity index (χ2v) is 10.5. The van der Waals surface area contributed by atoms with Gasteiger partial charge < -0.3 is 20.3 Å². The van der Waals surface area contributed by atoms with Crippen LogP contribution in [0.1, 0.15) is 60.5 Å². The van der Waals surface area contributed by atoms with E-state index in [1.54, 1.807) is 7.11 Å². The van der Waals surface area contributed by atoms with Crippen molar-refractivity contribution in [1.82, 2.24) is 20.2 Å². The number of likely N-dealkylation sites (tertiary alicyclic amines) is 2. The summed E-state index contributed by atoms with van der Waals surface area (Å²) in [5, 5.41) is 2.02. The number of methoxy groups -OCH3 is 1. The molecule has 186 valence electrons. The van der Waals surface area contributed by atoms with Gasteiger partial charge in [0.25, 0.3) is 5.91 Å². The minimum absolute atomic E-state index is 0.0163. The van der Waals surface area contributed by atoms with E-state index in [9.17, 15) is 4.79 Å². The first-order valence-electron chi connectivity index (χ1n) is 13.1. The van der Waals surface area contributed by atoms with Gasteiger partial charge in [-0.15, -0.1) is 0 Å². The maximum absolute atomic E-state index is 13.9. The van der Waals surface area contributed by atoms with E-state index in [2.05, 4.69) is 46.6 Å². The Balaban J connectivity index is 1.26. The first kappa shape index (κ1) is 22.6. The van der Waals surface area contributed by atoms with Crippen LogP contribution in [0.2, 0.25) is 0 Å². The Morgan fingerprint density at radius 1 is 1.14 bits per heavy atom. The number of carbonyl (C=O) groups is 1. The molecule has 6 rings (SSSR count). The van der Waals surface area contributed by atoms with Crippen molar-refractivity contribution in [3.8, 4) is 5.75 Å². The Bertz CT molecular complexity index is 1120. The summed E-state index contributed by atoms with van der Waals surface area (Å²) in [5.74, 6) is 2.70. The van der Waals surface area contributed by atoms with Gasteiger partial charge in [0.15, 0.2) is 0 Å². The fourth-order valence-electron chi connectivity index (χ4n) is 6.32. The maximum atomic E-state index is 13.9. The molecular weight excluding hydrogens is 440 g/mol. The van der Waals surface area contributed by atoms with E-state index >= 15 is 0 Å². The first-order chi connectivity index (χ1) is 17.0. The first-order valence-corrected chi connectivity index (χ1v) is 13.1. The van der Waals surface area contributed by atoms with E-state index in [0.29, 0.717) is 11.3 Å². The molecule has 8 heteroatoms. The lowest BCUT2D eigenvalue weighted by molar-refractivity contribution is 0.0557. The van der Waals surface area contributed by atoms with Crippen molar-refractivity contribution >= 4 is 11.7 Å². The smallest absolute Gasteiger partial charge is 0.257 e. The highest BCUT2D eigenvalue weighted by Gasteiger charge is 2.39. The standard InChI is InChI=1S/C27H36N6O2/c1-17-15-33-25(29-26(17)31-11-9-20(28)16-31)14-22(30-33)23-8-3-4-10-32(23)27(34)21-12-18-6-5-7-19(18)13-24(21)35-2/h12-15,20,22-23,30H,3-11,16,28H2,1-2H3. The molecule has 1 aliphatic carbocycles. The number of piperidine rings is 1. The number of aryl methyl sites for hydroxylation is 2. The van der Waals surface area contributed by atoms with Crippen LogP contribution in [0.15, 0.2) is 40.8 Å². The minimum atomic E-state index is 0.0163. The molecule has 8 nitrogen and oxygen atoms in total. The topological polar surface area (TPSA) is 86.4 Å². The summed E-state index contributed by atoms with van der Waals surface area (Å²) < 4.78 is 5.68. The molecule has 5 aliphatic rings. The zero-order chi connectivity index (χ0) is 24.1. The van der Waals surface area contributed by atoms with Crippen LogP contribution in [0.3, 0.4) is 0 Å². The molecule has 1 amide bonds. The SMILES string of the molecule is COc1cc2c(cc1C(=O)N1CCCCC1C1C=C3N=C(N4CCC(N)C4)C(C)=CN3N1)CCC2. The van der Waals surface area contributed by atoms with Gasteiger partial charge in [0.05, 0.1) is 24.8 Å². The normalized spacial score (nSPS) is 27.9. The molecule has 4 heterocycles. The van der Waals surface area contributed by atoms with E-state index in [4.69, 9.17) is 15.5 Å². The largest absolute Gasteiger partial charge is 0.496 e. The van der Waals surface area contributed by atoms with Gasteiger partial charge in [-0.1, -0.05) is 0 Å². The molecular formula is C27H36N6O2. The van der Waals surface area contributed by atoms with E-state index in [1.807, 2.05) is 5.01 Å². The number of rotatable bonds is 3. The second kappa shape index (κ2) is 8.99. The Kier molecular flexibility index (Phi) is 5.81. The minimum Gasteiger partial charge on any atom is -0.496 e. The number of hydrazine groups is 1. The zero-order valence-corrected chi connectivity index (χ0v) is 20.8. The summed E-state index contributed by atoms with van der Waals surface area (Å²) in [7, 11) is 1.67. The number of nitrogens with one attached hydrogen (secondary N) is 1. The lowest BCUT2D eigenvalue weighted by atomic mass is 9.94. The Morgan fingerprint density at radius 3 is 2.74 bits per heavy atom. The third-order valence-electron chi connectivity index (χ3n) is 8.15. The number of amides is 1. The third kappa shape index (κ3) is 4.02. The van der Waals surface area contributed by atoms with Crippen LogP contribution in [0.5, 0.6) is 5.75 Å². The van der Waals surface area contributed by atoms with Gasteiger partial charge in [0.1, 0.15) is 17.4 Å². The highest BCUT2D eigenvalue weighted by molar-refractivity contribution is 5.99. The van der Waals surface area contributed by atoms with Crippen molar-refractivity contribution in [1.29, 1.82) is 0 Å². The molecule has 0 bridgehead atoms. The number of nitrogens with two attached hydrogens (primary N) is 1. The van der Waals surface area contributed by atoms with Crippen LogP contribution in [0, 0.1) is 0 Å². The predicted molar refractivity (Wildman–Crippen MR) is 136 cm³/mol. The lowest BCUT2D eigenvalue weighted by Crippen LogP contribution is -2.54. The number of hydrogen-bond acceptors (Lipinski definition) is 7. The number of fused-ring (bicyclic) bond motifs is 2. The molecule has 35 heavy (non-hydrogen) atoms. The molecule has 2 saturated heterocycles. The number of hydrogen-bond donors (Lipinski definition) is 2. The summed E-state index contributed by atoms with van der Waals surface area (Å²) >= 11 is 0. The maximum Gasteiger partial charge on any atom is 0.257 e. The highest BCUT2D eigenvalue weighted by Crippen LogP contribution is 2.34. The summed E-state index contributed by atoms with van der Waals surface area (Å²) in [5.41, 5.74) is 14.2. The molecule has 2 fully saturated rings. The van der Waals surface area contributed by atoms with Gasteiger partial charge in [0, 0.05) is 37.4 Å². The molecule has 0 spiro atoms. The Labute approximate surface area is 207 Å². The monoisotopic (exact) mass is 476 g/mol. The lowest BCUT2D eigenvalue weighted by Gasteiger charge is -2.39. The molecule has 4 aliphatic heterocycles. The number of nitrogens with zero attached hydrogens (tertiary/aromatic N) is 4. The molecule has 3 unspecified atom stereocenters. The van der Waals surface area contributed by atoms with Crippen molar-refractivity contribution in [2.24, 2.45) is 10.7 Å². The molecule has 1 aromatic rings. The van der Waals surface area contributed by atoms with Crippen molar-refractivity contribution in [2.75, 3.05) is 26.7 Å². The van der Waals surface area contributed by atoms with Crippen molar-refractivity contribution in [2.45, 2.75) is 70.0 Å². The number of amidine groups is 1. The fourth-order valence-corrected chi connectivity index (χ4v) is 6.32. The van der Waals surface area contributed by atoms with Gasteiger partial charge in [-0.25, -0.2) is 10.4 Å². The number of carbonyl (C=O) groups excluding carboxylic acids is 1. The Hall–Kier alpha value is -2.84. The Morgan fingerprint density at radius 2 is 1.97 bits per heavy atom. The van der Waals surface area contributed by atoms with E-state index < -0.39 is 0 Å². The quantitative estimate of drug-likeness (QED) is 0.697. The van der Waals surface area contributed by atoms with Gasteiger partial charge >= 0.3 is 0 Å². The summed E-state index contributed by atoms with van der Waals surface area (Å²) in [6.45, 7) is 4.66. The zero-order valence-electron chi connectivity index (χ0n) is 20.8. The average Bonchev–Trinajstić information content (AvgIpc) is 3.61. The summed E-state index contributed by atoms with van der Waals surface area (Å²) in [6, 6.07) is 4.47. The van der Waals surface area contributed by atoms with Crippen LogP contribution >= 0.6 is 0 Å². The molecule has 1 aromatic carbocycles. The van der Waals surface area contributed by atoms with E-state index in [1.165, 1.54) is 11.1 Å². The van der Waals surface area contributed by atoms with Crippen LogP contribution in [0.25, 0.3) is 0 Å². The van der Waals surface area contributed by atoms with Gasteiger partial charge in [-0.05, 0) is 81.2 Å². The van der Waals surface area contributed by atoms with Crippen molar-refractivity contribution < 1.29 is 9.53 Å². The van der Waals surface area contributed by atoms with Gasteiger partial charge in [-0.2, -0.15) is 0 Å². The molecule has 3 atom stereocenters. The van der Waals surface area contributed by atoms with Crippen LogP contribution in [0.4, 0.5) is 0 Å².